The third-order valence-electron chi connectivity index (χ3n) is 2.82. The second-order valence-electron chi connectivity index (χ2n) is 4.59. The number of carbonyl (C=O) groups excluding carboxylic acids is 1. The number of hydrogen-bond donors (Lipinski definition) is 1. The van der Waals surface area contributed by atoms with Gasteiger partial charge in [-0.2, -0.15) is 0 Å². The number of hydrogen-bond acceptors (Lipinski definition) is 1. The zero-order valence-electron chi connectivity index (χ0n) is 11.6. The first kappa shape index (κ1) is 16.3. The van der Waals surface area contributed by atoms with Crippen LogP contribution < -0.4 is 10.6 Å². The zero-order chi connectivity index (χ0) is 12.8. The number of rotatable bonds is 11. The van der Waals surface area contributed by atoms with Crippen molar-refractivity contribution in [3.63, 3.8) is 0 Å². The summed E-state index contributed by atoms with van der Waals surface area (Å²) in [7, 11) is 0. The third kappa shape index (κ3) is 13.2. The molecule has 0 spiro atoms. The first-order chi connectivity index (χ1) is 8.31. The maximum Gasteiger partial charge on any atom is 0.336 e. The minimum absolute atomic E-state index is 0.130. The first-order valence-electron chi connectivity index (χ1n) is 7.26. The monoisotopic (exact) mass is 241 g/mol. The highest BCUT2D eigenvalue weighted by Crippen LogP contribution is 2.03. The number of nitrogens with zero attached hydrogens (tertiary/aromatic N) is 1. The van der Waals surface area contributed by atoms with Crippen molar-refractivity contribution in [1.82, 2.24) is 10.6 Å². The largest absolute Gasteiger partial charge is 0.337 e. The molecule has 0 bridgehead atoms. The molecule has 0 aromatic rings. The molecule has 3 heteroatoms. The molecule has 0 unspecified atom stereocenters. The molecule has 17 heavy (non-hydrogen) atoms. The Bertz CT molecular complexity index is 172. The molecule has 1 N–H and O–H groups in total. The zero-order valence-corrected chi connectivity index (χ0v) is 11.6. The molecule has 3 nitrogen and oxygen atoms in total. The van der Waals surface area contributed by atoms with Crippen LogP contribution in [0.3, 0.4) is 0 Å². The van der Waals surface area contributed by atoms with E-state index in [1.807, 2.05) is 0 Å². The van der Waals surface area contributed by atoms with Crippen LogP contribution in [0.4, 0.5) is 4.79 Å². The Morgan fingerprint density at radius 2 is 1.47 bits per heavy atom. The van der Waals surface area contributed by atoms with E-state index in [4.69, 9.17) is 0 Å². The Hall–Kier alpha value is -0.730. The molecule has 2 amide bonds. The highest BCUT2D eigenvalue weighted by Gasteiger charge is 1.99. The molecule has 0 aliphatic carbocycles. The number of unbranched alkanes of at least 4 members (excludes halogenated alkanes) is 7. The topological polar surface area (TPSA) is 43.2 Å². The van der Waals surface area contributed by atoms with Crippen LogP contribution >= 0.6 is 0 Å². The number of urea groups is 1. The fraction of sp³-hybridized carbons (Fsp3) is 0.929. The normalized spacial score (nSPS) is 10.2. The van der Waals surface area contributed by atoms with E-state index in [1.165, 1.54) is 38.5 Å². The van der Waals surface area contributed by atoms with E-state index in [0.29, 0.717) is 6.54 Å². The Kier molecular flexibility index (Phi) is 12.8. The van der Waals surface area contributed by atoms with Crippen molar-refractivity contribution in [1.29, 1.82) is 0 Å². The van der Waals surface area contributed by atoms with Gasteiger partial charge in [-0.1, -0.05) is 58.8 Å². The lowest BCUT2D eigenvalue weighted by molar-refractivity contribution is 0.239. The van der Waals surface area contributed by atoms with Crippen LogP contribution in [0.2, 0.25) is 0 Å². The molecule has 1 radical (unpaired) electrons. The lowest BCUT2D eigenvalue weighted by Crippen LogP contribution is -2.31. The van der Waals surface area contributed by atoms with Gasteiger partial charge in [0.05, 0.1) is 0 Å². The van der Waals surface area contributed by atoms with Gasteiger partial charge in [0.2, 0.25) is 0 Å². The minimum Gasteiger partial charge on any atom is -0.337 e. The summed E-state index contributed by atoms with van der Waals surface area (Å²) in [6.07, 6.45) is 10.9. The Labute approximate surface area is 107 Å². The molecule has 0 aliphatic rings. The first-order valence-corrected chi connectivity index (χ1v) is 7.26. The smallest absolute Gasteiger partial charge is 0.336 e. The number of nitrogens with one attached hydrogen (secondary N) is 1. The molecular formula is C14H29N2O. The van der Waals surface area contributed by atoms with Crippen molar-refractivity contribution in [2.75, 3.05) is 13.1 Å². The molecular weight excluding hydrogens is 212 g/mol. The quantitative estimate of drug-likeness (QED) is 0.549. The van der Waals surface area contributed by atoms with Crippen molar-refractivity contribution < 1.29 is 4.79 Å². The van der Waals surface area contributed by atoms with Crippen molar-refractivity contribution in [2.45, 2.75) is 71.6 Å². The Morgan fingerprint density at radius 3 is 2.18 bits per heavy atom. The Morgan fingerprint density at radius 1 is 0.882 bits per heavy atom. The van der Waals surface area contributed by atoms with Crippen LogP contribution in [0, 0.1) is 0 Å². The SMILES string of the molecule is CCCCCCCCNC(=O)[N]CCCCC. The fourth-order valence-corrected chi connectivity index (χ4v) is 1.70. The van der Waals surface area contributed by atoms with Crippen molar-refractivity contribution in [3.05, 3.63) is 0 Å². The van der Waals surface area contributed by atoms with Gasteiger partial charge >= 0.3 is 6.03 Å². The van der Waals surface area contributed by atoms with Gasteiger partial charge < -0.3 is 5.32 Å². The predicted molar refractivity (Wildman–Crippen MR) is 73.3 cm³/mol. The molecule has 0 aromatic heterocycles. The van der Waals surface area contributed by atoms with E-state index < -0.39 is 0 Å². The van der Waals surface area contributed by atoms with Crippen LogP contribution in [-0.4, -0.2) is 19.1 Å². The standard InChI is InChI=1S/C14H29N2O/c1-3-5-7-8-9-11-13-16-14(17)15-12-10-6-4-2/h3-13H2,1-2H3,(H,16,17). The van der Waals surface area contributed by atoms with Gasteiger partial charge in [0.25, 0.3) is 0 Å². The minimum atomic E-state index is -0.130. The lowest BCUT2D eigenvalue weighted by Gasteiger charge is -2.05. The molecule has 0 heterocycles. The van der Waals surface area contributed by atoms with Gasteiger partial charge in [-0.05, 0) is 12.8 Å². The van der Waals surface area contributed by atoms with E-state index in [-0.39, 0.29) is 6.03 Å². The summed E-state index contributed by atoms with van der Waals surface area (Å²) in [4.78, 5) is 11.3. The summed E-state index contributed by atoms with van der Waals surface area (Å²) in [6, 6.07) is -0.130. The van der Waals surface area contributed by atoms with Gasteiger partial charge in [0.15, 0.2) is 0 Å². The summed E-state index contributed by atoms with van der Waals surface area (Å²) in [6.45, 7) is 5.83. The molecule has 0 saturated heterocycles. The van der Waals surface area contributed by atoms with Gasteiger partial charge in [0.1, 0.15) is 0 Å². The second-order valence-corrected chi connectivity index (χ2v) is 4.59. The van der Waals surface area contributed by atoms with Crippen LogP contribution in [-0.2, 0) is 0 Å². The molecule has 0 fully saturated rings. The van der Waals surface area contributed by atoms with Crippen molar-refractivity contribution >= 4 is 6.03 Å². The number of amides is 2. The van der Waals surface area contributed by atoms with Gasteiger partial charge in [-0.3, -0.25) is 0 Å². The summed E-state index contributed by atoms with van der Waals surface area (Å²) in [5, 5.41) is 6.80. The molecule has 0 aliphatic heterocycles. The van der Waals surface area contributed by atoms with Gasteiger partial charge in [-0.15, -0.1) is 0 Å². The Balaban J connectivity index is 3.11. The summed E-state index contributed by atoms with van der Waals surface area (Å²) in [5.74, 6) is 0. The lowest BCUT2D eigenvalue weighted by atomic mass is 10.1. The van der Waals surface area contributed by atoms with E-state index >= 15 is 0 Å². The fourth-order valence-electron chi connectivity index (χ4n) is 1.70. The van der Waals surface area contributed by atoms with Crippen LogP contribution in [0.5, 0.6) is 0 Å². The average Bonchev–Trinajstić information content (AvgIpc) is 2.33. The van der Waals surface area contributed by atoms with Gasteiger partial charge in [-0.25, -0.2) is 10.1 Å². The number of carbonyl (C=O) groups is 1. The van der Waals surface area contributed by atoms with Crippen molar-refractivity contribution in [3.8, 4) is 0 Å². The molecule has 101 valence electrons. The van der Waals surface area contributed by atoms with E-state index in [1.54, 1.807) is 0 Å². The molecule has 0 saturated carbocycles. The average molecular weight is 241 g/mol. The maximum atomic E-state index is 11.3. The molecule has 0 rings (SSSR count). The van der Waals surface area contributed by atoms with Crippen molar-refractivity contribution in [2.24, 2.45) is 0 Å². The highest BCUT2D eigenvalue weighted by atomic mass is 16.2. The van der Waals surface area contributed by atoms with Crippen LogP contribution in [0.15, 0.2) is 0 Å². The van der Waals surface area contributed by atoms with E-state index in [9.17, 15) is 4.79 Å². The summed E-state index contributed by atoms with van der Waals surface area (Å²) >= 11 is 0. The molecule has 0 atom stereocenters. The second kappa shape index (κ2) is 13.3. The van der Waals surface area contributed by atoms with Crippen LogP contribution in [0.1, 0.15) is 71.6 Å². The maximum absolute atomic E-state index is 11.3. The third-order valence-corrected chi connectivity index (χ3v) is 2.82. The van der Waals surface area contributed by atoms with Crippen LogP contribution in [0.25, 0.3) is 0 Å². The van der Waals surface area contributed by atoms with E-state index in [2.05, 4.69) is 24.5 Å². The highest BCUT2D eigenvalue weighted by molar-refractivity contribution is 5.73. The predicted octanol–water partition coefficient (Wildman–Crippen LogP) is 3.85. The molecule has 0 aromatic carbocycles. The summed E-state index contributed by atoms with van der Waals surface area (Å²) in [5.41, 5.74) is 0. The van der Waals surface area contributed by atoms with E-state index in [0.717, 1.165) is 25.8 Å². The summed E-state index contributed by atoms with van der Waals surface area (Å²) < 4.78 is 0. The van der Waals surface area contributed by atoms with Gasteiger partial charge in [0, 0.05) is 13.1 Å².